The molecule has 0 aromatic rings. The third kappa shape index (κ3) is 1.45. The molecule has 0 aromatic heterocycles. The summed E-state index contributed by atoms with van der Waals surface area (Å²) in [5, 5.41) is 0. The zero-order valence-electron chi connectivity index (χ0n) is 7.39. The summed E-state index contributed by atoms with van der Waals surface area (Å²) in [6.07, 6.45) is 0. The van der Waals surface area contributed by atoms with Crippen molar-refractivity contribution in [1.29, 1.82) is 0 Å². The molecule has 1 aliphatic heterocycles. The number of ether oxygens (including phenoxy) is 1. The Morgan fingerprint density at radius 2 is 1.92 bits per heavy atom. The van der Waals surface area contributed by atoms with Crippen LogP contribution in [-0.2, 0) is 19.4 Å². The Morgan fingerprint density at radius 1 is 1.38 bits per heavy atom. The minimum Gasteiger partial charge on any atom is -0.466 e. The molecule has 1 saturated carbocycles. The Balaban J connectivity index is 1.96. The van der Waals surface area contributed by atoms with Gasteiger partial charge in [0, 0.05) is 0 Å². The highest BCUT2D eigenvalue weighted by Crippen LogP contribution is 2.53. The van der Waals surface area contributed by atoms with Crippen LogP contribution >= 0.6 is 0 Å². The van der Waals surface area contributed by atoms with Gasteiger partial charge in [-0.1, -0.05) is 0 Å². The quantitative estimate of drug-likeness (QED) is 0.586. The zero-order valence-corrected chi connectivity index (χ0v) is 8.21. The Morgan fingerprint density at radius 3 is 2.38 bits per heavy atom. The van der Waals surface area contributed by atoms with Crippen molar-refractivity contribution < 1.29 is 17.9 Å². The van der Waals surface area contributed by atoms with Gasteiger partial charge in [0.05, 0.1) is 24.0 Å². The molecule has 5 heteroatoms. The number of rotatable bonds is 2. The normalized spacial score (nSPS) is 39.6. The van der Waals surface area contributed by atoms with Gasteiger partial charge >= 0.3 is 5.97 Å². The maximum absolute atomic E-state index is 11.2. The second-order valence-corrected chi connectivity index (χ2v) is 5.84. The maximum atomic E-state index is 11.2. The van der Waals surface area contributed by atoms with Gasteiger partial charge in [-0.3, -0.25) is 4.79 Å². The summed E-state index contributed by atoms with van der Waals surface area (Å²) in [5.74, 6) is 0.145. The lowest BCUT2D eigenvalue weighted by Gasteiger charge is -2.03. The molecule has 0 aromatic carbocycles. The van der Waals surface area contributed by atoms with Crippen LogP contribution in [0.5, 0.6) is 0 Å². The summed E-state index contributed by atoms with van der Waals surface area (Å²) >= 11 is 0. The van der Waals surface area contributed by atoms with E-state index in [0.717, 1.165) is 0 Å². The average Bonchev–Trinajstić information content (AvgIpc) is 2.51. The summed E-state index contributed by atoms with van der Waals surface area (Å²) < 4.78 is 26.9. The van der Waals surface area contributed by atoms with Crippen LogP contribution in [0.4, 0.5) is 0 Å². The van der Waals surface area contributed by atoms with E-state index in [0.29, 0.717) is 6.61 Å². The van der Waals surface area contributed by atoms with E-state index in [9.17, 15) is 13.2 Å². The van der Waals surface area contributed by atoms with E-state index in [4.69, 9.17) is 4.74 Å². The molecule has 13 heavy (non-hydrogen) atoms. The van der Waals surface area contributed by atoms with Crippen molar-refractivity contribution in [3.8, 4) is 0 Å². The van der Waals surface area contributed by atoms with E-state index in [-0.39, 0.29) is 35.2 Å². The predicted molar refractivity (Wildman–Crippen MR) is 45.8 cm³/mol. The minimum absolute atomic E-state index is 0.0593. The largest absolute Gasteiger partial charge is 0.466 e. The maximum Gasteiger partial charge on any atom is 0.309 e. The highest BCUT2D eigenvalue weighted by atomic mass is 32.2. The van der Waals surface area contributed by atoms with Crippen LogP contribution < -0.4 is 0 Å². The number of esters is 1. The lowest BCUT2D eigenvalue weighted by molar-refractivity contribution is -0.145. The molecule has 0 N–H and O–H groups in total. The molecule has 2 fully saturated rings. The molecule has 0 radical (unpaired) electrons. The van der Waals surface area contributed by atoms with Crippen LogP contribution in [0, 0.1) is 17.8 Å². The van der Waals surface area contributed by atoms with E-state index >= 15 is 0 Å². The first kappa shape index (κ1) is 8.99. The second-order valence-electron chi connectivity index (χ2n) is 3.68. The van der Waals surface area contributed by atoms with Gasteiger partial charge in [0.1, 0.15) is 0 Å². The van der Waals surface area contributed by atoms with Crippen molar-refractivity contribution >= 4 is 15.8 Å². The fourth-order valence-corrected chi connectivity index (χ4v) is 4.36. The summed E-state index contributed by atoms with van der Waals surface area (Å²) in [5.41, 5.74) is 0. The molecule has 0 bridgehead atoms. The van der Waals surface area contributed by atoms with Crippen LogP contribution in [-0.4, -0.2) is 32.5 Å². The molecular weight excluding hydrogens is 192 g/mol. The van der Waals surface area contributed by atoms with Crippen LogP contribution in [0.3, 0.4) is 0 Å². The molecular formula is C8H12O4S. The first-order valence-corrected chi connectivity index (χ1v) is 6.24. The van der Waals surface area contributed by atoms with Gasteiger partial charge in [0.25, 0.3) is 0 Å². The first-order chi connectivity index (χ1) is 6.05. The van der Waals surface area contributed by atoms with Gasteiger partial charge in [-0.15, -0.1) is 0 Å². The van der Waals surface area contributed by atoms with Gasteiger partial charge in [0.2, 0.25) is 0 Å². The van der Waals surface area contributed by atoms with Crippen molar-refractivity contribution in [3.63, 3.8) is 0 Å². The van der Waals surface area contributed by atoms with E-state index in [2.05, 4.69) is 0 Å². The molecule has 4 nitrogen and oxygen atoms in total. The number of hydrogen-bond donors (Lipinski definition) is 0. The SMILES string of the molecule is CCOC(=O)C1[C@H]2CS(=O)(=O)C[C@@H]12. The van der Waals surface area contributed by atoms with Crippen LogP contribution in [0.25, 0.3) is 0 Å². The highest BCUT2D eigenvalue weighted by Gasteiger charge is 2.62. The topological polar surface area (TPSA) is 60.4 Å². The summed E-state index contributed by atoms with van der Waals surface area (Å²) in [7, 11) is -2.83. The Kier molecular flexibility index (Phi) is 1.87. The second kappa shape index (κ2) is 2.70. The molecule has 1 saturated heterocycles. The van der Waals surface area contributed by atoms with Crippen LogP contribution in [0.2, 0.25) is 0 Å². The van der Waals surface area contributed by atoms with Crippen molar-refractivity contribution in [1.82, 2.24) is 0 Å². The molecule has 0 spiro atoms. The Bertz CT molecular complexity index is 314. The number of carbonyl (C=O) groups is 1. The average molecular weight is 204 g/mol. The molecule has 1 heterocycles. The van der Waals surface area contributed by atoms with Crippen molar-refractivity contribution in [2.45, 2.75) is 6.92 Å². The van der Waals surface area contributed by atoms with Gasteiger partial charge in [0.15, 0.2) is 9.84 Å². The molecule has 2 aliphatic rings. The number of hydrogen-bond acceptors (Lipinski definition) is 4. The smallest absolute Gasteiger partial charge is 0.309 e. The lowest BCUT2D eigenvalue weighted by Crippen LogP contribution is -2.17. The van der Waals surface area contributed by atoms with Gasteiger partial charge in [-0.2, -0.15) is 0 Å². The first-order valence-electron chi connectivity index (χ1n) is 4.42. The Hall–Kier alpha value is -0.580. The minimum atomic E-state index is -2.83. The van der Waals surface area contributed by atoms with E-state index in [1.54, 1.807) is 6.92 Å². The summed E-state index contributed by atoms with van der Waals surface area (Å²) in [6.45, 7) is 2.13. The third-order valence-corrected chi connectivity index (χ3v) is 4.57. The standard InChI is InChI=1S/C8H12O4S/c1-2-12-8(9)7-5-3-13(10,11)4-6(5)7/h5-7H,2-4H2,1H3/t5-,6+,7?. The van der Waals surface area contributed by atoms with Gasteiger partial charge in [-0.25, -0.2) is 8.42 Å². The number of sulfone groups is 1. The zero-order chi connectivity index (χ0) is 9.64. The van der Waals surface area contributed by atoms with Crippen molar-refractivity contribution in [2.24, 2.45) is 17.8 Å². The van der Waals surface area contributed by atoms with Crippen molar-refractivity contribution in [2.75, 3.05) is 18.1 Å². The van der Waals surface area contributed by atoms with E-state index in [1.165, 1.54) is 0 Å². The lowest BCUT2D eigenvalue weighted by atomic mass is 10.3. The number of fused-ring (bicyclic) bond motifs is 1. The molecule has 1 unspecified atom stereocenters. The van der Waals surface area contributed by atoms with E-state index < -0.39 is 9.84 Å². The monoisotopic (exact) mass is 204 g/mol. The molecule has 74 valence electrons. The summed E-state index contributed by atoms with van der Waals surface area (Å²) in [4.78, 5) is 11.2. The number of carbonyl (C=O) groups excluding carboxylic acids is 1. The van der Waals surface area contributed by atoms with E-state index in [1.807, 2.05) is 0 Å². The molecule has 3 atom stereocenters. The molecule has 2 rings (SSSR count). The van der Waals surface area contributed by atoms with Crippen molar-refractivity contribution in [3.05, 3.63) is 0 Å². The van der Waals surface area contributed by atoms with Crippen LogP contribution in [0.1, 0.15) is 6.92 Å². The predicted octanol–water partition coefficient (Wildman–Crippen LogP) is -0.160. The molecule has 0 amide bonds. The van der Waals surface area contributed by atoms with Gasteiger partial charge in [-0.05, 0) is 18.8 Å². The van der Waals surface area contributed by atoms with Gasteiger partial charge < -0.3 is 4.74 Å². The summed E-state index contributed by atoms with van der Waals surface area (Å²) in [6, 6.07) is 0. The highest BCUT2D eigenvalue weighted by molar-refractivity contribution is 7.91. The third-order valence-electron chi connectivity index (χ3n) is 2.78. The Labute approximate surface area is 77.2 Å². The molecule has 1 aliphatic carbocycles. The fourth-order valence-electron chi connectivity index (χ4n) is 2.14. The van der Waals surface area contributed by atoms with Crippen LogP contribution in [0.15, 0.2) is 0 Å². The fraction of sp³-hybridized carbons (Fsp3) is 0.875.